The SMILES string of the molecule is CC(C)Oc1ccccc1/C=N\NC(=O)c1ccc(F)cc1. The van der Waals surface area contributed by atoms with E-state index in [0.29, 0.717) is 11.3 Å². The summed E-state index contributed by atoms with van der Waals surface area (Å²) in [6, 6.07) is 12.7. The molecule has 0 aliphatic carbocycles. The molecule has 0 aliphatic heterocycles. The Bertz CT molecular complexity index is 667. The first-order valence-corrected chi connectivity index (χ1v) is 6.91. The molecule has 2 rings (SSSR count). The number of rotatable bonds is 5. The molecular weight excluding hydrogens is 283 g/mol. The van der Waals surface area contributed by atoms with Gasteiger partial charge >= 0.3 is 0 Å². The number of benzene rings is 2. The molecule has 2 aromatic rings. The number of nitrogens with one attached hydrogen (secondary N) is 1. The molecule has 1 amide bonds. The fraction of sp³-hybridized carbons (Fsp3) is 0.176. The van der Waals surface area contributed by atoms with E-state index >= 15 is 0 Å². The number of carbonyl (C=O) groups excluding carboxylic acids is 1. The number of halogens is 1. The minimum atomic E-state index is -0.404. The second kappa shape index (κ2) is 7.36. The quantitative estimate of drug-likeness (QED) is 0.680. The van der Waals surface area contributed by atoms with Gasteiger partial charge in [-0.1, -0.05) is 12.1 Å². The van der Waals surface area contributed by atoms with Crippen LogP contribution in [0.3, 0.4) is 0 Å². The first-order chi connectivity index (χ1) is 10.6. The van der Waals surface area contributed by atoms with Gasteiger partial charge in [0.2, 0.25) is 0 Å². The van der Waals surface area contributed by atoms with E-state index < -0.39 is 5.91 Å². The average molecular weight is 300 g/mol. The number of carbonyl (C=O) groups is 1. The third-order valence-electron chi connectivity index (χ3n) is 2.76. The molecule has 22 heavy (non-hydrogen) atoms. The van der Waals surface area contributed by atoms with Gasteiger partial charge in [-0.3, -0.25) is 4.79 Å². The Labute approximate surface area is 128 Å². The van der Waals surface area contributed by atoms with Gasteiger partial charge in [0.05, 0.1) is 12.3 Å². The van der Waals surface area contributed by atoms with Crippen LogP contribution in [0, 0.1) is 5.82 Å². The minimum absolute atomic E-state index is 0.0448. The highest BCUT2D eigenvalue weighted by Gasteiger charge is 2.05. The van der Waals surface area contributed by atoms with E-state index in [1.54, 1.807) is 0 Å². The molecule has 0 bridgehead atoms. The van der Waals surface area contributed by atoms with E-state index in [4.69, 9.17) is 4.74 Å². The van der Waals surface area contributed by atoms with Crippen LogP contribution < -0.4 is 10.2 Å². The van der Waals surface area contributed by atoms with Crippen molar-refractivity contribution in [3.8, 4) is 5.75 Å². The predicted octanol–water partition coefficient (Wildman–Crippen LogP) is 3.38. The first-order valence-electron chi connectivity index (χ1n) is 6.91. The second-order valence-corrected chi connectivity index (χ2v) is 4.91. The summed E-state index contributed by atoms with van der Waals surface area (Å²) < 4.78 is 18.5. The molecular formula is C17H17FN2O2. The lowest BCUT2D eigenvalue weighted by Gasteiger charge is -2.11. The monoisotopic (exact) mass is 300 g/mol. The Kier molecular flexibility index (Phi) is 5.25. The maximum Gasteiger partial charge on any atom is 0.271 e. The molecule has 0 unspecified atom stereocenters. The Balaban J connectivity index is 2.03. The molecule has 0 saturated heterocycles. The highest BCUT2D eigenvalue weighted by Crippen LogP contribution is 2.17. The fourth-order valence-electron chi connectivity index (χ4n) is 1.77. The molecule has 5 heteroatoms. The van der Waals surface area contributed by atoms with Crippen LogP contribution in [0.5, 0.6) is 5.75 Å². The van der Waals surface area contributed by atoms with E-state index in [0.717, 1.165) is 5.56 Å². The predicted molar refractivity (Wildman–Crippen MR) is 83.7 cm³/mol. The number of hydrogen-bond acceptors (Lipinski definition) is 3. The van der Waals surface area contributed by atoms with Crippen molar-refractivity contribution in [1.82, 2.24) is 5.43 Å². The van der Waals surface area contributed by atoms with Crippen molar-refractivity contribution in [3.63, 3.8) is 0 Å². The number of ether oxygens (including phenoxy) is 1. The van der Waals surface area contributed by atoms with Crippen molar-refractivity contribution in [2.75, 3.05) is 0 Å². The molecule has 0 atom stereocenters. The largest absolute Gasteiger partial charge is 0.490 e. The molecule has 114 valence electrons. The summed E-state index contributed by atoms with van der Waals surface area (Å²) in [5.74, 6) is -0.101. The van der Waals surface area contributed by atoms with Crippen LogP contribution in [-0.4, -0.2) is 18.2 Å². The van der Waals surface area contributed by atoms with Gasteiger partial charge in [0, 0.05) is 11.1 Å². The molecule has 2 aromatic carbocycles. The van der Waals surface area contributed by atoms with Gasteiger partial charge < -0.3 is 4.74 Å². The van der Waals surface area contributed by atoms with E-state index in [9.17, 15) is 9.18 Å². The molecule has 0 heterocycles. The zero-order valence-corrected chi connectivity index (χ0v) is 12.4. The van der Waals surface area contributed by atoms with E-state index in [-0.39, 0.29) is 11.9 Å². The van der Waals surface area contributed by atoms with Crippen molar-refractivity contribution in [1.29, 1.82) is 0 Å². The van der Waals surface area contributed by atoms with Gasteiger partial charge in [0.15, 0.2) is 0 Å². The minimum Gasteiger partial charge on any atom is -0.490 e. The molecule has 0 spiro atoms. The molecule has 1 N–H and O–H groups in total. The fourth-order valence-corrected chi connectivity index (χ4v) is 1.77. The zero-order valence-electron chi connectivity index (χ0n) is 12.4. The van der Waals surface area contributed by atoms with Crippen LogP contribution in [0.25, 0.3) is 0 Å². The van der Waals surface area contributed by atoms with Crippen molar-refractivity contribution in [3.05, 3.63) is 65.5 Å². The summed E-state index contributed by atoms with van der Waals surface area (Å²) in [6.07, 6.45) is 1.56. The van der Waals surface area contributed by atoms with Gasteiger partial charge in [0.25, 0.3) is 5.91 Å². The maximum atomic E-state index is 12.8. The summed E-state index contributed by atoms with van der Waals surface area (Å²) in [7, 11) is 0. The maximum absolute atomic E-state index is 12.8. The second-order valence-electron chi connectivity index (χ2n) is 4.91. The van der Waals surface area contributed by atoms with Crippen LogP contribution in [0.15, 0.2) is 53.6 Å². The van der Waals surface area contributed by atoms with E-state index in [1.807, 2.05) is 38.1 Å². The number of amides is 1. The van der Waals surface area contributed by atoms with Gasteiger partial charge in [-0.05, 0) is 50.2 Å². The smallest absolute Gasteiger partial charge is 0.271 e. The lowest BCUT2D eigenvalue weighted by atomic mass is 10.2. The van der Waals surface area contributed by atoms with E-state index in [1.165, 1.54) is 30.5 Å². The molecule has 0 fully saturated rings. The number of para-hydroxylation sites is 1. The number of hydrazone groups is 1. The van der Waals surface area contributed by atoms with Gasteiger partial charge in [0.1, 0.15) is 11.6 Å². The highest BCUT2D eigenvalue weighted by molar-refractivity contribution is 5.95. The van der Waals surface area contributed by atoms with Crippen LogP contribution in [-0.2, 0) is 0 Å². The molecule has 0 saturated carbocycles. The zero-order chi connectivity index (χ0) is 15.9. The molecule has 0 radical (unpaired) electrons. The van der Waals surface area contributed by atoms with Crippen molar-refractivity contribution in [2.45, 2.75) is 20.0 Å². The molecule has 0 aliphatic rings. The van der Waals surface area contributed by atoms with Crippen molar-refractivity contribution in [2.24, 2.45) is 5.10 Å². The van der Waals surface area contributed by atoms with Crippen LogP contribution in [0.1, 0.15) is 29.8 Å². The average Bonchev–Trinajstić information content (AvgIpc) is 2.49. The normalized spacial score (nSPS) is 10.9. The Morgan fingerprint density at radius 1 is 1.18 bits per heavy atom. The van der Waals surface area contributed by atoms with E-state index in [2.05, 4.69) is 10.5 Å². The van der Waals surface area contributed by atoms with Crippen molar-refractivity contribution < 1.29 is 13.9 Å². The van der Waals surface area contributed by atoms with Crippen LogP contribution >= 0.6 is 0 Å². The summed E-state index contributed by atoms with van der Waals surface area (Å²) in [4.78, 5) is 11.8. The summed E-state index contributed by atoms with van der Waals surface area (Å²) in [5.41, 5.74) is 3.50. The lowest BCUT2D eigenvalue weighted by Crippen LogP contribution is -2.17. The van der Waals surface area contributed by atoms with Crippen LogP contribution in [0.4, 0.5) is 4.39 Å². The molecule has 4 nitrogen and oxygen atoms in total. The van der Waals surface area contributed by atoms with Gasteiger partial charge in [-0.15, -0.1) is 0 Å². The third kappa shape index (κ3) is 4.41. The Hall–Kier alpha value is -2.69. The van der Waals surface area contributed by atoms with Crippen LogP contribution in [0.2, 0.25) is 0 Å². The molecule has 0 aromatic heterocycles. The summed E-state index contributed by atoms with van der Waals surface area (Å²) >= 11 is 0. The highest BCUT2D eigenvalue weighted by atomic mass is 19.1. The third-order valence-corrected chi connectivity index (χ3v) is 2.76. The Morgan fingerprint density at radius 2 is 1.86 bits per heavy atom. The lowest BCUT2D eigenvalue weighted by molar-refractivity contribution is 0.0955. The Morgan fingerprint density at radius 3 is 2.55 bits per heavy atom. The summed E-state index contributed by atoms with van der Waals surface area (Å²) in [5, 5.41) is 3.91. The summed E-state index contributed by atoms with van der Waals surface area (Å²) in [6.45, 7) is 3.87. The van der Waals surface area contributed by atoms with Crippen molar-refractivity contribution >= 4 is 12.1 Å². The number of nitrogens with zero attached hydrogens (tertiary/aromatic N) is 1. The first kappa shape index (κ1) is 15.7. The topological polar surface area (TPSA) is 50.7 Å². The van der Waals surface area contributed by atoms with Gasteiger partial charge in [-0.25, -0.2) is 9.82 Å². The number of hydrogen-bond donors (Lipinski definition) is 1. The van der Waals surface area contributed by atoms with Gasteiger partial charge in [-0.2, -0.15) is 5.10 Å². The standard InChI is InChI=1S/C17H17FN2O2/c1-12(2)22-16-6-4-3-5-14(16)11-19-20-17(21)13-7-9-15(18)10-8-13/h3-12H,1-2H3,(H,20,21)/b19-11-.